The van der Waals surface area contributed by atoms with Crippen molar-refractivity contribution in [2.24, 2.45) is 5.10 Å². The maximum atomic E-state index is 5.74. The van der Waals surface area contributed by atoms with E-state index < -0.39 is 0 Å². The maximum absolute atomic E-state index is 5.74. The molecular formula is C23H29N3O2S. The molecule has 5 nitrogen and oxygen atoms in total. The molecule has 2 aromatic carbocycles. The number of benzene rings is 2. The molecule has 154 valence electrons. The third-order valence-corrected chi connectivity index (χ3v) is 4.24. The van der Waals surface area contributed by atoms with Crippen LogP contribution >= 0.6 is 12.2 Å². The van der Waals surface area contributed by atoms with E-state index in [2.05, 4.69) is 55.3 Å². The van der Waals surface area contributed by atoms with Crippen molar-refractivity contribution >= 4 is 23.5 Å². The highest BCUT2D eigenvalue weighted by Crippen LogP contribution is 2.24. The number of hydrogen-bond donors (Lipinski definition) is 2. The zero-order valence-electron chi connectivity index (χ0n) is 17.3. The monoisotopic (exact) mass is 411 g/mol. The highest BCUT2D eigenvalue weighted by molar-refractivity contribution is 7.80. The summed E-state index contributed by atoms with van der Waals surface area (Å²) in [4.78, 5) is 0. The van der Waals surface area contributed by atoms with Gasteiger partial charge in [0.15, 0.2) is 5.11 Å². The lowest BCUT2D eigenvalue weighted by molar-refractivity contribution is 0.217. The minimum absolute atomic E-state index is 0.142. The van der Waals surface area contributed by atoms with Gasteiger partial charge in [-0.1, -0.05) is 39.0 Å². The van der Waals surface area contributed by atoms with Gasteiger partial charge in [0.05, 0.1) is 6.21 Å². The molecule has 29 heavy (non-hydrogen) atoms. The van der Waals surface area contributed by atoms with Crippen LogP contribution in [0.3, 0.4) is 0 Å². The van der Waals surface area contributed by atoms with E-state index in [0.29, 0.717) is 24.9 Å². The van der Waals surface area contributed by atoms with Gasteiger partial charge in [-0.15, -0.1) is 6.58 Å². The first-order valence-corrected chi connectivity index (χ1v) is 9.93. The van der Waals surface area contributed by atoms with Crippen molar-refractivity contribution in [1.29, 1.82) is 0 Å². The van der Waals surface area contributed by atoms with E-state index in [-0.39, 0.29) is 5.41 Å². The van der Waals surface area contributed by atoms with Crippen molar-refractivity contribution in [2.45, 2.75) is 26.2 Å². The Labute approximate surface area is 178 Å². The second kappa shape index (κ2) is 11.2. The summed E-state index contributed by atoms with van der Waals surface area (Å²) in [6, 6.07) is 15.9. The van der Waals surface area contributed by atoms with Crippen LogP contribution in [0.25, 0.3) is 0 Å². The number of ether oxygens (including phenoxy) is 2. The molecule has 2 aromatic rings. The molecule has 0 amide bonds. The summed E-state index contributed by atoms with van der Waals surface area (Å²) in [5, 5.41) is 7.47. The van der Waals surface area contributed by atoms with Gasteiger partial charge in [0.2, 0.25) is 0 Å². The Morgan fingerprint density at radius 2 is 1.55 bits per heavy atom. The van der Waals surface area contributed by atoms with Crippen LogP contribution in [-0.4, -0.2) is 31.1 Å². The van der Waals surface area contributed by atoms with Crippen LogP contribution < -0.4 is 20.2 Å². The molecule has 0 unspecified atom stereocenters. The third kappa shape index (κ3) is 8.35. The molecular weight excluding hydrogens is 382 g/mol. The van der Waals surface area contributed by atoms with Crippen molar-refractivity contribution in [3.8, 4) is 11.5 Å². The summed E-state index contributed by atoms with van der Waals surface area (Å²) in [5.41, 5.74) is 5.11. The molecule has 0 aliphatic heterocycles. The van der Waals surface area contributed by atoms with Crippen LogP contribution in [-0.2, 0) is 5.41 Å². The molecule has 2 N–H and O–H groups in total. The van der Waals surface area contributed by atoms with Crippen molar-refractivity contribution in [3.63, 3.8) is 0 Å². The summed E-state index contributed by atoms with van der Waals surface area (Å²) in [6.07, 6.45) is 3.42. The molecule has 0 fully saturated rings. The quantitative estimate of drug-likeness (QED) is 0.210. The van der Waals surface area contributed by atoms with Gasteiger partial charge < -0.3 is 14.8 Å². The predicted octanol–water partition coefficient (Wildman–Crippen LogP) is 4.43. The van der Waals surface area contributed by atoms with E-state index in [1.54, 1.807) is 12.3 Å². The van der Waals surface area contributed by atoms with E-state index in [1.165, 1.54) is 5.56 Å². The van der Waals surface area contributed by atoms with Crippen molar-refractivity contribution in [3.05, 3.63) is 72.3 Å². The molecule has 0 heterocycles. The zero-order chi connectivity index (χ0) is 21.1. The van der Waals surface area contributed by atoms with Gasteiger partial charge in [-0.3, -0.25) is 5.43 Å². The van der Waals surface area contributed by atoms with E-state index in [4.69, 9.17) is 21.7 Å². The van der Waals surface area contributed by atoms with Gasteiger partial charge in [0.25, 0.3) is 0 Å². The SMILES string of the molecule is C=CCNC(=S)N/N=C\c1ccc(OCCOc2ccc(C(C)(C)C)cc2)cc1. The fourth-order valence-corrected chi connectivity index (χ4v) is 2.53. The van der Waals surface area contributed by atoms with Gasteiger partial charge >= 0.3 is 0 Å². The van der Waals surface area contributed by atoms with E-state index in [1.807, 2.05) is 36.4 Å². The number of nitrogens with zero attached hydrogens (tertiary/aromatic N) is 1. The molecule has 0 spiro atoms. The number of thiocarbonyl (C=S) groups is 1. The Hall–Kier alpha value is -2.86. The number of nitrogens with one attached hydrogen (secondary N) is 2. The Kier molecular flexibility index (Phi) is 8.68. The molecule has 0 atom stereocenters. The van der Waals surface area contributed by atoms with E-state index in [9.17, 15) is 0 Å². The number of hydrazone groups is 1. The van der Waals surface area contributed by atoms with Crippen LogP contribution in [0.4, 0.5) is 0 Å². The smallest absolute Gasteiger partial charge is 0.187 e. The largest absolute Gasteiger partial charge is 0.490 e. The molecule has 2 rings (SSSR count). The second-order valence-electron chi connectivity index (χ2n) is 7.41. The molecule has 6 heteroatoms. The Morgan fingerprint density at radius 1 is 1.00 bits per heavy atom. The molecule has 0 saturated heterocycles. The Balaban J connectivity index is 1.70. The van der Waals surface area contributed by atoms with Crippen LogP contribution in [0.1, 0.15) is 31.9 Å². The lowest BCUT2D eigenvalue weighted by Crippen LogP contribution is -2.31. The number of hydrogen-bond acceptors (Lipinski definition) is 4. The first-order chi connectivity index (χ1) is 13.9. The lowest BCUT2D eigenvalue weighted by Gasteiger charge is -2.19. The summed E-state index contributed by atoms with van der Waals surface area (Å²) in [5.74, 6) is 1.63. The lowest BCUT2D eigenvalue weighted by atomic mass is 9.87. The average molecular weight is 412 g/mol. The first kappa shape index (κ1) is 22.4. The second-order valence-corrected chi connectivity index (χ2v) is 7.82. The minimum Gasteiger partial charge on any atom is -0.490 e. The van der Waals surface area contributed by atoms with Crippen molar-refractivity contribution in [2.75, 3.05) is 19.8 Å². The third-order valence-electron chi connectivity index (χ3n) is 4.01. The molecule has 0 bridgehead atoms. The summed E-state index contributed by atoms with van der Waals surface area (Å²) < 4.78 is 11.5. The van der Waals surface area contributed by atoms with Gasteiger partial charge in [-0.2, -0.15) is 5.10 Å². The summed E-state index contributed by atoms with van der Waals surface area (Å²) >= 11 is 5.06. The van der Waals surface area contributed by atoms with E-state index in [0.717, 1.165) is 17.1 Å². The maximum Gasteiger partial charge on any atom is 0.187 e. The Bertz CT molecular complexity index is 810. The molecule has 0 radical (unpaired) electrons. The van der Waals surface area contributed by atoms with Crippen molar-refractivity contribution < 1.29 is 9.47 Å². The van der Waals surface area contributed by atoms with E-state index >= 15 is 0 Å². The Morgan fingerprint density at radius 3 is 2.07 bits per heavy atom. The molecule has 0 aromatic heterocycles. The fourth-order valence-electron chi connectivity index (χ4n) is 2.39. The topological polar surface area (TPSA) is 54.9 Å². The first-order valence-electron chi connectivity index (χ1n) is 9.52. The van der Waals surface area contributed by atoms with Gasteiger partial charge in [0, 0.05) is 6.54 Å². The molecule has 0 aliphatic rings. The highest BCUT2D eigenvalue weighted by Gasteiger charge is 2.12. The van der Waals surface area contributed by atoms with Crippen molar-refractivity contribution in [1.82, 2.24) is 10.7 Å². The van der Waals surface area contributed by atoms with Gasteiger partial charge in [-0.05, 0) is 65.2 Å². The standard InChI is InChI=1S/C23H29N3O2S/c1-5-14-24-22(29)26-25-17-18-6-10-20(11-7-18)27-15-16-28-21-12-8-19(9-13-21)23(2,3)4/h5-13,17H,1,14-16H2,2-4H3,(H2,24,26,29)/b25-17-. The van der Waals surface area contributed by atoms with Gasteiger partial charge in [0.1, 0.15) is 24.7 Å². The fraction of sp³-hybridized carbons (Fsp3) is 0.304. The normalized spacial score (nSPS) is 11.1. The van der Waals surface area contributed by atoms with Crippen LogP contribution in [0, 0.1) is 0 Å². The average Bonchev–Trinajstić information content (AvgIpc) is 2.70. The summed E-state index contributed by atoms with van der Waals surface area (Å²) in [7, 11) is 0. The van der Waals surface area contributed by atoms with Crippen LogP contribution in [0.2, 0.25) is 0 Å². The number of rotatable bonds is 9. The summed E-state index contributed by atoms with van der Waals surface area (Å²) in [6.45, 7) is 11.8. The molecule has 0 aliphatic carbocycles. The minimum atomic E-state index is 0.142. The molecule has 0 saturated carbocycles. The van der Waals surface area contributed by atoms with Crippen LogP contribution in [0.15, 0.2) is 66.3 Å². The predicted molar refractivity (Wildman–Crippen MR) is 124 cm³/mol. The van der Waals surface area contributed by atoms with Crippen LogP contribution in [0.5, 0.6) is 11.5 Å². The zero-order valence-corrected chi connectivity index (χ0v) is 18.1. The highest BCUT2D eigenvalue weighted by atomic mass is 32.1. The van der Waals surface area contributed by atoms with Gasteiger partial charge in [-0.25, -0.2) is 0 Å².